The van der Waals surface area contributed by atoms with E-state index in [1.807, 2.05) is 60.0 Å². The molecule has 2 aromatic carbocycles. The number of nitrogens with zero attached hydrogens (tertiary/aromatic N) is 3. The molecule has 0 spiro atoms. The molecule has 4 rings (SSSR count). The zero-order valence-corrected chi connectivity index (χ0v) is 17.6. The fraction of sp³-hybridized carbons (Fsp3) is 0.292. The Bertz CT molecular complexity index is 1210. The third kappa shape index (κ3) is 3.85. The smallest absolute Gasteiger partial charge is 0.257 e. The normalized spacial score (nSPS) is 11.5. The minimum absolute atomic E-state index is 0.231. The molecule has 0 fully saturated rings. The highest BCUT2D eigenvalue weighted by Crippen LogP contribution is 2.28. The van der Waals surface area contributed by atoms with Crippen LogP contribution in [0.3, 0.4) is 0 Å². The molecule has 4 aromatic rings. The Balaban J connectivity index is 1.74. The molecule has 2 aromatic heterocycles. The largest absolute Gasteiger partial charge is 0.384 e. The fourth-order valence-electron chi connectivity index (χ4n) is 3.53. The van der Waals surface area contributed by atoms with Crippen LogP contribution in [0.4, 0.5) is 5.82 Å². The predicted molar refractivity (Wildman–Crippen MR) is 121 cm³/mol. The van der Waals surface area contributed by atoms with Crippen molar-refractivity contribution in [3.05, 3.63) is 65.2 Å². The van der Waals surface area contributed by atoms with Gasteiger partial charge in [-0.15, -0.1) is 0 Å². The van der Waals surface area contributed by atoms with Crippen molar-refractivity contribution in [1.82, 2.24) is 19.9 Å². The standard InChI is InChI=1S/C24H27N5O/c1-15(2)12-13-29-22(25)20(24(30)26-14-17-10-8-16(3)9-11-17)21-23(29)28-19-7-5-4-6-18(19)27-21/h4-11,15H,12-14,25H2,1-3H3,(H,26,30). The molecular weight excluding hydrogens is 374 g/mol. The van der Waals surface area contributed by atoms with E-state index >= 15 is 0 Å². The highest BCUT2D eigenvalue weighted by Gasteiger charge is 2.23. The summed E-state index contributed by atoms with van der Waals surface area (Å²) in [6, 6.07) is 15.8. The Morgan fingerprint density at radius 2 is 1.73 bits per heavy atom. The van der Waals surface area contributed by atoms with E-state index in [0.717, 1.165) is 23.0 Å². The number of hydrogen-bond acceptors (Lipinski definition) is 4. The van der Waals surface area contributed by atoms with Crippen LogP contribution >= 0.6 is 0 Å². The van der Waals surface area contributed by atoms with Crippen molar-refractivity contribution in [2.24, 2.45) is 5.92 Å². The number of nitrogen functional groups attached to an aromatic ring is 1. The quantitative estimate of drug-likeness (QED) is 0.500. The number of fused-ring (bicyclic) bond motifs is 2. The van der Waals surface area contributed by atoms with Crippen molar-refractivity contribution in [1.29, 1.82) is 0 Å². The number of benzene rings is 2. The van der Waals surface area contributed by atoms with Crippen LogP contribution in [0.25, 0.3) is 22.2 Å². The van der Waals surface area contributed by atoms with E-state index < -0.39 is 0 Å². The highest BCUT2D eigenvalue weighted by molar-refractivity contribution is 6.10. The number of hydrogen-bond donors (Lipinski definition) is 2. The molecule has 0 bridgehead atoms. The Morgan fingerprint density at radius 3 is 2.40 bits per heavy atom. The maximum Gasteiger partial charge on any atom is 0.257 e. The van der Waals surface area contributed by atoms with Gasteiger partial charge in [0.2, 0.25) is 0 Å². The van der Waals surface area contributed by atoms with Crippen LogP contribution in [-0.2, 0) is 13.1 Å². The monoisotopic (exact) mass is 401 g/mol. The number of nitrogens with two attached hydrogens (primary N) is 1. The predicted octanol–water partition coefficient (Wildman–Crippen LogP) is 4.45. The van der Waals surface area contributed by atoms with Gasteiger partial charge in [0, 0.05) is 13.1 Å². The average molecular weight is 402 g/mol. The molecular formula is C24H27N5O. The average Bonchev–Trinajstić information content (AvgIpc) is 3.00. The van der Waals surface area contributed by atoms with E-state index in [1.54, 1.807) is 0 Å². The summed E-state index contributed by atoms with van der Waals surface area (Å²) >= 11 is 0. The van der Waals surface area contributed by atoms with Gasteiger partial charge >= 0.3 is 0 Å². The number of anilines is 1. The molecule has 154 valence electrons. The number of aryl methyl sites for hydroxylation is 2. The highest BCUT2D eigenvalue weighted by atomic mass is 16.1. The molecule has 0 saturated heterocycles. The number of carbonyl (C=O) groups is 1. The topological polar surface area (TPSA) is 85.8 Å². The van der Waals surface area contributed by atoms with Gasteiger partial charge in [0.15, 0.2) is 5.65 Å². The SMILES string of the molecule is Cc1ccc(CNC(=O)c2c(N)n(CCC(C)C)c3nc4ccccc4nc23)cc1. The molecule has 3 N–H and O–H groups in total. The molecule has 6 nitrogen and oxygen atoms in total. The van der Waals surface area contributed by atoms with Gasteiger partial charge in [0.1, 0.15) is 16.9 Å². The lowest BCUT2D eigenvalue weighted by atomic mass is 10.1. The molecule has 6 heteroatoms. The Morgan fingerprint density at radius 1 is 1.07 bits per heavy atom. The van der Waals surface area contributed by atoms with Crippen LogP contribution in [-0.4, -0.2) is 20.4 Å². The fourth-order valence-corrected chi connectivity index (χ4v) is 3.53. The van der Waals surface area contributed by atoms with Crippen LogP contribution < -0.4 is 11.1 Å². The second kappa shape index (κ2) is 8.14. The maximum absolute atomic E-state index is 13.1. The molecule has 0 unspecified atom stereocenters. The first-order valence-electron chi connectivity index (χ1n) is 10.3. The first kappa shape index (κ1) is 19.9. The zero-order valence-electron chi connectivity index (χ0n) is 17.6. The molecule has 0 radical (unpaired) electrons. The number of carbonyl (C=O) groups excluding carboxylic acids is 1. The van der Waals surface area contributed by atoms with Crippen molar-refractivity contribution in [3.63, 3.8) is 0 Å². The van der Waals surface area contributed by atoms with Gasteiger partial charge in [-0.05, 0) is 37.0 Å². The van der Waals surface area contributed by atoms with Crippen molar-refractivity contribution in [3.8, 4) is 0 Å². The molecule has 2 heterocycles. The molecule has 0 aliphatic rings. The zero-order chi connectivity index (χ0) is 21.3. The lowest BCUT2D eigenvalue weighted by molar-refractivity contribution is 0.0953. The third-order valence-electron chi connectivity index (χ3n) is 5.32. The minimum Gasteiger partial charge on any atom is -0.384 e. The minimum atomic E-state index is -0.231. The van der Waals surface area contributed by atoms with Crippen molar-refractivity contribution in [2.75, 3.05) is 5.73 Å². The van der Waals surface area contributed by atoms with E-state index in [1.165, 1.54) is 5.56 Å². The van der Waals surface area contributed by atoms with Crippen LogP contribution in [0.5, 0.6) is 0 Å². The van der Waals surface area contributed by atoms with E-state index in [0.29, 0.717) is 41.6 Å². The Labute approximate surface area is 176 Å². The lowest BCUT2D eigenvalue weighted by Crippen LogP contribution is -2.24. The summed E-state index contributed by atoms with van der Waals surface area (Å²) < 4.78 is 1.93. The first-order chi connectivity index (χ1) is 14.4. The molecule has 0 saturated carbocycles. The second-order valence-corrected chi connectivity index (χ2v) is 8.15. The van der Waals surface area contributed by atoms with Crippen LogP contribution in [0, 0.1) is 12.8 Å². The maximum atomic E-state index is 13.1. The molecule has 0 aliphatic heterocycles. The summed E-state index contributed by atoms with van der Waals surface area (Å²) in [6.07, 6.45) is 0.937. The van der Waals surface area contributed by atoms with E-state index in [4.69, 9.17) is 15.7 Å². The first-order valence-corrected chi connectivity index (χ1v) is 10.3. The van der Waals surface area contributed by atoms with Crippen molar-refractivity contribution >= 4 is 33.9 Å². The van der Waals surface area contributed by atoms with Crippen LogP contribution in [0.1, 0.15) is 41.8 Å². The van der Waals surface area contributed by atoms with Gasteiger partial charge in [-0.3, -0.25) is 4.79 Å². The van der Waals surface area contributed by atoms with Crippen LogP contribution in [0.15, 0.2) is 48.5 Å². The number of rotatable bonds is 6. The second-order valence-electron chi connectivity index (χ2n) is 8.15. The summed E-state index contributed by atoms with van der Waals surface area (Å²) in [5, 5.41) is 2.99. The lowest BCUT2D eigenvalue weighted by Gasteiger charge is -2.10. The van der Waals surface area contributed by atoms with Gasteiger partial charge in [0.25, 0.3) is 5.91 Å². The summed E-state index contributed by atoms with van der Waals surface area (Å²) in [6.45, 7) is 7.49. The summed E-state index contributed by atoms with van der Waals surface area (Å²) in [7, 11) is 0. The Hall–Kier alpha value is -3.41. The summed E-state index contributed by atoms with van der Waals surface area (Å²) in [5.74, 6) is 0.697. The van der Waals surface area contributed by atoms with Crippen molar-refractivity contribution in [2.45, 2.75) is 40.3 Å². The van der Waals surface area contributed by atoms with E-state index in [2.05, 4.69) is 19.2 Å². The van der Waals surface area contributed by atoms with Gasteiger partial charge in [-0.25, -0.2) is 9.97 Å². The van der Waals surface area contributed by atoms with Gasteiger partial charge in [-0.1, -0.05) is 55.8 Å². The molecule has 30 heavy (non-hydrogen) atoms. The van der Waals surface area contributed by atoms with Gasteiger partial charge in [-0.2, -0.15) is 0 Å². The van der Waals surface area contributed by atoms with E-state index in [9.17, 15) is 4.79 Å². The van der Waals surface area contributed by atoms with Crippen LogP contribution in [0.2, 0.25) is 0 Å². The third-order valence-corrected chi connectivity index (χ3v) is 5.32. The number of nitrogens with one attached hydrogen (secondary N) is 1. The molecule has 0 aliphatic carbocycles. The van der Waals surface area contributed by atoms with Gasteiger partial charge in [0.05, 0.1) is 11.0 Å². The molecule has 1 amide bonds. The van der Waals surface area contributed by atoms with E-state index in [-0.39, 0.29) is 5.91 Å². The summed E-state index contributed by atoms with van der Waals surface area (Å²) in [4.78, 5) is 22.7. The number of aromatic nitrogens is 3. The van der Waals surface area contributed by atoms with Gasteiger partial charge < -0.3 is 15.6 Å². The van der Waals surface area contributed by atoms with Crippen molar-refractivity contribution < 1.29 is 4.79 Å². The summed E-state index contributed by atoms with van der Waals surface area (Å²) in [5.41, 5.74) is 11.9. The number of amides is 1. The Kier molecular flexibility index (Phi) is 5.40. The molecule has 0 atom stereocenters. The number of para-hydroxylation sites is 2.